The number of fused-ring (bicyclic) bond motifs is 1. The Morgan fingerprint density at radius 1 is 1.15 bits per heavy atom. The maximum Gasteiger partial charge on any atom is 0.246 e. The zero-order valence-corrected chi connectivity index (χ0v) is 14.6. The van der Waals surface area contributed by atoms with Crippen LogP contribution >= 0.6 is 0 Å². The predicted octanol–water partition coefficient (Wildman–Crippen LogP) is 2.20. The van der Waals surface area contributed by atoms with Crippen molar-refractivity contribution in [2.45, 2.75) is 19.3 Å². The van der Waals surface area contributed by atoms with Crippen LogP contribution in [0.15, 0.2) is 36.5 Å². The monoisotopic (exact) mass is 353 g/mol. The third-order valence-corrected chi connectivity index (χ3v) is 5.33. The maximum absolute atomic E-state index is 11.7. The molecule has 2 aromatic rings. The van der Waals surface area contributed by atoms with Crippen molar-refractivity contribution < 1.29 is 14.7 Å². The van der Waals surface area contributed by atoms with Crippen molar-refractivity contribution in [1.29, 1.82) is 0 Å². The lowest BCUT2D eigenvalue weighted by Crippen LogP contribution is -2.36. The number of hydrogen-bond acceptors (Lipinski definition) is 5. The Bertz CT molecular complexity index is 785. The summed E-state index contributed by atoms with van der Waals surface area (Å²) in [6.07, 6.45) is 4.21. The highest BCUT2D eigenvalue weighted by molar-refractivity contribution is 5.78. The van der Waals surface area contributed by atoms with E-state index in [1.54, 1.807) is 5.48 Å². The van der Waals surface area contributed by atoms with Crippen molar-refractivity contribution in [2.24, 2.45) is 5.92 Å². The van der Waals surface area contributed by atoms with Gasteiger partial charge in [-0.05, 0) is 48.1 Å². The molecule has 2 heterocycles. The highest BCUT2D eigenvalue weighted by Gasteiger charge is 2.24. The SMILES string of the molecule is O=C(NO)C1CCc2ccc(-c3ccc(N4CCOCC4)nc3)cc2C1. The average molecular weight is 353 g/mol. The van der Waals surface area contributed by atoms with Gasteiger partial charge in [-0.3, -0.25) is 10.0 Å². The van der Waals surface area contributed by atoms with Crippen LogP contribution in [-0.2, 0) is 22.4 Å². The molecule has 4 rings (SSSR count). The van der Waals surface area contributed by atoms with Gasteiger partial charge in [0, 0.05) is 30.8 Å². The first-order chi connectivity index (χ1) is 12.7. The number of hydrogen-bond donors (Lipinski definition) is 2. The van der Waals surface area contributed by atoms with E-state index in [0.717, 1.165) is 56.1 Å². The lowest BCUT2D eigenvalue weighted by molar-refractivity contribution is -0.133. The van der Waals surface area contributed by atoms with Gasteiger partial charge >= 0.3 is 0 Å². The van der Waals surface area contributed by atoms with E-state index in [1.807, 2.05) is 6.20 Å². The molecule has 1 amide bonds. The van der Waals surface area contributed by atoms with Crippen LogP contribution in [0.1, 0.15) is 17.5 Å². The number of amides is 1. The zero-order chi connectivity index (χ0) is 17.9. The molecule has 0 bridgehead atoms. The molecule has 1 aliphatic heterocycles. The minimum Gasteiger partial charge on any atom is -0.378 e. The number of aryl methyl sites for hydroxylation is 1. The van der Waals surface area contributed by atoms with Gasteiger partial charge in [0.2, 0.25) is 5.91 Å². The van der Waals surface area contributed by atoms with Crippen molar-refractivity contribution >= 4 is 11.7 Å². The standard InChI is InChI=1S/C20H23N3O3/c24-20(22-25)16-4-2-14-1-3-15(11-18(14)12-16)17-5-6-19(21-13-17)23-7-9-26-10-8-23/h1,3,5-6,11,13,16,25H,2,4,7-10,12H2,(H,22,24). The predicted molar refractivity (Wildman–Crippen MR) is 98.1 cm³/mol. The number of rotatable bonds is 3. The highest BCUT2D eigenvalue weighted by atomic mass is 16.5. The molecule has 1 atom stereocenters. The molecule has 1 saturated heterocycles. The third-order valence-electron chi connectivity index (χ3n) is 5.33. The highest BCUT2D eigenvalue weighted by Crippen LogP contribution is 2.30. The van der Waals surface area contributed by atoms with Gasteiger partial charge in [0.1, 0.15) is 5.82 Å². The summed E-state index contributed by atoms with van der Waals surface area (Å²) in [5, 5.41) is 8.88. The Kier molecular flexibility index (Phi) is 4.86. The molecule has 6 nitrogen and oxygen atoms in total. The Labute approximate surface area is 152 Å². The van der Waals surface area contributed by atoms with E-state index < -0.39 is 0 Å². The molecule has 136 valence electrons. The van der Waals surface area contributed by atoms with Gasteiger partial charge in [-0.2, -0.15) is 0 Å². The van der Waals surface area contributed by atoms with E-state index in [-0.39, 0.29) is 11.8 Å². The van der Waals surface area contributed by atoms with Crippen LogP contribution in [0.2, 0.25) is 0 Å². The molecule has 2 aliphatic rings. The Hall–Kier alpha value is -2.44. The first-order valence-corrected chi connectivity index (χ1v) is 9.09. The summed E-state index contributed by atoms with van der Waals surface area (Å²) in [6.45, 7) is 3.24. The number of carbonyl (C=O) groups is 1. The van der Waals surface area contributed by atoms with Crippen LogP contribution < -0.4 is 10.4 Å². The summed E-state index contributed by atoms with van der Waals surface area (Å²) in [7, 11) is 0. The van der Waals surface area contributed by atoms with Crippen LogP contribution in [0.3, 0.4) is 0 Å². The topological polar surface area (TPSA) is 74.7 Å². The first kappa shape index (κ1) is 17.0. The quantitative estimate of drug-likeness (QED) is 0.654. The summed E-state index contributed by atoms with van der Waals surface area (Å²) in [5.41, 5.74) is 6.43. The van der Waals surface area contributed by atoms with Gasteiger partial charge in [-0.25, -0.2) is 10.5 Å². The fourth-order valence-corrected chi connectivity index (χ4v) is 3.79. The van der Waals surface area contributed by atoms with Gasteiger partial charge in [-0.15, -0.1) is 0 Å². The minimum absolute atomic E-state index is 0.162. The van der Waals surface area contributed by atoms with Crippen molar-refractivity contribution in [3.05, 3.63) is 47.7 Å². The zero-order valence-electron chi connectivity index (χ0n) is 14.6. The number of benzene rings is 1. The van der Waals surface area contributed by atoms with Gasteiger partial charge in [-0.1, -0.05) is 18.2 Å². The number of anilines is 1. The number of pyridine rings is 1. The molecular formula is C20H23N3O3. The molecule has 1 fully saturated rings. The van der Waals surface area contributed by atoms with E-state index in [2.05, 4.69) is 40.2 Å². The molecule has 1 aromatic heterocycles. The normalized spacial score (nSPS) is 19.7. The first-order valence-electron chi connectivity index (χ1n) is 9.09. The third kappa shape index (κ3) is 3.43. The average Bonchev–Trinajstić information content (AvgIpc) is 2.73. The Balaban J connectivity index is 1.54. The molecule has 1 unspecified atom stereocenters. The van der Waals surface area contributed by atoms with Crippen LogP contribution in [0.5, 0.6) is 0 Å². The van der Waals surface area contributed by atoms with E-state index >= 15 is 0 Å². The summed E-state index contributed by atoms with van der Waals surface area (Å²) < 4.78 is 5.39. The van der Waals surface area contributed by atoms with Crippen LogP contribution in [-0.4, -0.2) is 42.4 Å². The van der Waals surface area contributed by atoms with Gasteiger partial charge in [0.05, 0.1) is 13.2 Å². The van der Waals surface area contributed by atoms with Crippen LogP contribution in [0.25, 0.3) is 11.1 Å². The number of morpholine rings is 1. The molecule has 1 aliphatic carbocycles. The fraction of sp³-hybridized carbons (Fsp3) is 0.400. The minimum atomic E-state index is -0.294. The number of hydroxylamine groups is 1. The summed E-state index contributed by atoms with van der Waals surface area (Å²) in [4.78, 5) is 18.6. The fourth-order valence-electron chi connectivity index (χ4n) is 3.79. The summed E-state index contributed by atoms with van der Waals surface area (Å²) in [5.74, 6) is 0.525. The molecule has 0 saturated carbocycles. The van der Waals surface area contributed by atoms with Crippen molar-refractivity contribution in [2.75, 3.05) is 31.2 Å². The molecular weight excluding hydrogens is 330 g/mol. The molecule has 1 aromatic carbocycles. The number of aromatic nitrogens is 1. The van der Waals surface area contributed by atoms with E-state index in [9.17, 15) is 4.79 Å². The number of ether oxygens (including phenoxy) is 1. The van der Waals surface area contributed by atoms with E-state index in [0.29, 0.717) is 6.42 Å². The van der Waals surface area contributed by atoms with E-state index in [4.69, 9.17) is 9.94 Å². The molecule has 0 radical (unpaired) electrons. The largest absolute Gasteiger partial charge is 0.378 e. The lowest BCUT2D eigenvalue weighted by atomic mass is 9.82. The molecule has 2 N–H and O–H groups in total. The van der Waals surface area contributed by atoms with E-state index in [1.165, 1.54) is 11.1 Å². The maximum atomic E-state index is 11.7. The summed E-state index contributed by atoms with van der Waals surface area (Å²) >= 11 is 0. The van der Waals surface area contributed by atoms with Crippen molar-refractivity contribution in [1.82, 2.24) is 10.5 Å². The molecule has 6 heteroatoms. The van der Waals surface area contributed by atoms with Crippen molar-refractivity contribution in [3.63, 3.8) is 0 Å². The van der Waals surface area contributed by atoms with Gasteiger partial charge in [0.25, 0.3) is 0 Å². The Morgan fingerprint density at radius 3 is 2.69 bits per heavy atom. The number of nitrogens with one attached hydrogen (secondary N) is 1. The molecule has 26 heavy (non-hydrogen) atoms. The number of carbonyl (C=O) groups excluding carboxylic acids is 1. The molecule has 0 spiro atoms. The van der Waals surface area contributed by atoms with Crippen molar-refractivity contribution in [3.8, 4) is 11.1 Å². The second-order valence-electron chi connectivity index (χ2n) is 6.90. The number of nitrogens with zero attached hydrogens (tertiary/aromatic N) is 2. The summed E-state index contributed by atoms with van der Waals surface area (Å²) in [6, 6.07) is 10.6. The van der Waals surface area contributed by atoms with Crippen LogP contribution in [0.4, 0.5) is 5.82 Å². The second-order valence-corrected chi connectivity index (χ2v) is 6.90. The van der Waals surface area contributed by atoms with Gasteiger partial charge in [0.15, 0.2) is 0 Å². The second kappa shape index (κ2) is 7.43. The smallest absolute Gasteiger partial charge is 0.246 e. The lowest BCUT2D eigenvalue weighted by Gasteiger charge is -2.27. The van der Waals surface area contributed by atoms with Crippen LogP contribution in [0, 0.1) is 5.92 Å². The Morgan fingerprint density at radius 2 is 1.96 bits per heavy atom. The van der Waals surface area contributed by atoms with Gasteiger partial charge < -0.3 is 9.64 Å².